The van der Waals surface area contributed by atoms with Crippen molar-refractivity contribution in [3.63, 3.8) is 0 Å². The van der Waals surface area contributed by atoms with Gasteiger partial charge < -0.3 is 10.1 Å². The molecule has 0 fully saturated rings. The molecule has 0 aliphatic rings. The number of aromatic nitrogens is 1. The number of ether oxygens (including phenoxy) is 1. The molecule has 20 heavy (non-hydrogen) atoms. The lowest BCUT2D eigenvalue weighted by molar-refractivity contribution is 0.480. The van der Waals surface area contributed by atoms with Gasteiger partial charge in [0.1, 0.15) is 11.5 Å². The first-order chi connectivity index (χ1) is 9.69. The quantitative estimate of drug-likeness (QED) is 0.787. The minimum Gasteiger partial charge on any atom is -0.457 e. The van der Waals surface area contributed by atoms with Gasteiger partial charge in [-0.2, -0.15) is 0 Å². The zero-order valence-electron chi connectivity index (χ0n) is 11.2. The van der Waals surface area contributed by atoms with E-state index in [4.69, 9.17) is 27.9 Å². The van der Waals surface area contributed by atoms with Crippen LogP contribution in [-0.2, 0) is 6.54 Å². The third kappa shape index (κ3) is 4.37. The van der Waals surface area contributed by atoms with Gasteiger partial charge in [-0.1, -0.05) is 30.1 Å². The summed E-state index contributed by atoms with van der Waals surface area (Å²) in [6, 6.07) is 8.91. The van der Waals surface area contributed by atoms with Crippen molar-refractivity contribution in [1.82, 2.24) is 10.3 Å². The van der Waals surface area contributed by atoms with Gasteiger partial charge in [0.15, 0.2) is 0 Å². The molecule has 1 aromatic heterocycles. The van der Waals surface area contributed by atoms with Crippen molar-refractivity contribution in [2.45, 2.75) is 19.9 Å². The van der Waals surface area contributed by atoms with Crippen molar-refractivity contribution in [3.05, 3.63) is 52.3 Å². The molecule has 2 aromatic rings. The predicted molar refractivity (Wildman–Crippen MR) is 82.8 cm³/mol. The fourth-order valence-corrected chi connectivity index (χ4v) is 1.97. The van der Waals surface area contributed by atoms with Crippen LogP contribution in [0.4, 0.5) is 0 Å². The molecule has 0 radical (unpaired) electrons. The number of pyridine rings is 1. The summed E-state index contributed by atoms with van der Waals surface area (Å²) in [5.41, 5.74) is 0.941. The minimum atomic E-state index is 0.475. The Bertz CT molecular complexity index is 576. The first kappa shape index (κ1) is 15.1. The molecule has 5 heteroatoms. The van der Waals surface area contributed by atoms with Gasteiger partial charge in [0.2, 0.25) is 0 Å². The number of hydrogen-bond acceptors (Lipinski definition) is 3. The van der Waals surface area contributed by atoms with E-state index in [9.17, 15) is 0 Å². The van der Waals surface area contributed by atoms with Crippen molar-refractivity contribution < 1.29 is 4.74 Å². The van der Waals surface area contributed by atoms with E-state index in [1.54, 1.807) is 24.4 Å². The Morgan fingerprint density at radius 1 is 1.10 bits per heavy atom. The zero-order chi connectivity index (χ0) is 14.4. The van der Waals surface area contributed by atoms with Crippen molar-refractivity contribution in [3.8, 4) is 11.5 Å². The topological polar surface area (TPSA) is 34.1 Å². The second-order valence-electron chi connectivity index (χ2n) is 4.34. The summed E-state index contributed by atoms with van der Waals surface area (Å²) in [5, 5.41) is 4.29. The number of nitrogens with one attached hydrogen (secondary N) is 1. The van der Waals surface area contributed by atoms with Crippen LogP contribution in [0.25, 0.3) is 0 Å². The molecule has 0 bridgehead atoms. The van der Waals surface area contributed by atoms with E-state index in [-0.39, 0.29) is 0 Å². The molecule has 2 rings (SSSR count). The normalized spacial score (nSPS) is 10.6. The number of hydrogen-bond donors (Lipinski definition) is 1. The molecular weight excluding hydrogens is 295 g/mol. The van der Waals surface area contributed by atoms with Crippen LogP contribution in [0.5, 0.6) is 11.5 Å². The van der Waals surface area contributed by atoms with Crippen LogP contribution in [-0.4, -0.2) is 11.5 Å². The molecule has 0 amide bonds. The van der Waals surface area contributed by atoms with Gasteiger partial charge in [-0.25, -0.2) is 0 Å². The molecule has 0 aliphatic heterocycles. The van der Waals surface area contributed by atoms with E-state index in [1.165, 1.54) is 0 Å². The summed E-state index contributed by atoms with van der Waals surface area (Å²) in [6.07, 6.45) is 2.83. The monoisotopic (exact) mass is 310 g/mol. The molecule has 3 nitrogen and oxygen atoms in total. The molecule has 1 N–H and O–H groups in total. The van der Waals surface area contributed by atoms with Crippen LogP contribution in [0.15, 0.2) is 36.5 Å². The highest BCUT2D eigenvalue weighted by Crippen LogP contribution is 2.29. The molecule has 0 aliphatic carbocycles. The maximum atomic E-state index is 5.96. The lowest BCUT2D eigenvalue weighted by atomic mass is 10.3. The fourth-order valence-electron chi connectivity index (χ4n) is 1.69. The number of rotatable bonds is 6. The molecule has 0 saturated carbocycles. The summed E-state index contributed by atoms with van der Waals surface area (Å²) in [4.78, 5) is 4.29. The van der Waals surface area contributed by atoms with Gasteiger partial charge in [-0.05, 0) is 31.2 Å². The standard InChI is InChI=1S/C15H16Cl2N2O/c1-2-6-18-10-11-8-13(5-7-19-11)20-12-3-4-14(16)15(17)9-12/h3-5,7-9,18H,2,6,10H2,1H3. The Balaban J connectivity index is 2.05. The SMILES string of the molecule is CCCNCc1cc(Oc2ccc(Cl)c(Cl)c2)ccn1. The lowest BCUT2D eigenvalue weighted by Crippen LogP contribution is -2.14. The predicted octanol–water partition coefficient (Wildman–Crippen LogP) is 4.68. The lowest BCUT2D eigenvalue weighted by Gasteiger charge is -2.08. The highest BCUT2D eigenvalue weighted by molar-refractivity contribution is 6.42. The summed E-state index contributed by atoms with van der Waals surface area (Å²) >= 11 is 11.8. The maximum absolute atomic E-state index is 5.96. The van der Waals surface area contributed by atoms with Gasteiger partial charge >= 0.3 is 0 Å². The largest absolute Gasteiger partial charge is 0.457 e. The van der Waals surface area contributed by atoms with Crippen molar-refractivity contribution in [1.29, 1.82) is 0 Å². The van der Waals surface area contributed by atoms with E-state index in [2.05, 4.69) is 17.2 Å². The summed E-state index contributed by atoms with van der Waals surface area (Å²) in [7, 11) is 0. The van der Waals surface area contributed by atoms with Gasteiger partial charge in [0.25, 0.3) is 0 Å². The van der Waals surface area contributed by atoms with Crippen LogP contribution < -0.4 is 10.1 Å². The third-order valence-electron chi connectivity index (χ3n) is 2.65. The average molecular weight is 311 g/mol. The Kier molecular flexibility index (Phi) is 5.65. The van der Waals surface area contributed by atoms with Crippen molar-refractivity contribution in [2.24, 2.45) is 0 Å². The Labute approximate surface area is 128 Å². The minimum absolute atomic E-state index is 0.475. The number of halogens is 2. The van der Waals surface area contributed by atoms with E-state index in [1.807, 2.05) is 12.1 Å². The van der Waals surface area contributed by atoms with Crippen LogP contribution in [0, 0.1) is 0 Å². The molecule has 0 saturated heterocycles. The highest BCUT2D eigenvalue weighted by Gasteiger charge is 2.03. The Morgan fingerprint density at radius 2 is 1.90 bits per heavy atom. The molecular formula is C15H16Cl2N2O. The van der Waals surface area contributed by atoms with Crippen molar-refractivity contribution in [2.75, 3.05) is 6.54 Å². The van der Waals surface area contributed by atoms with Crippen molar-refractivity contribution >= 4 is 23.2 Å². The second kappa shape index (κ2) is 7.48. The summed E-state index contributed by atoms with van der Waals surface area (Å²) in [6.45, 7) is 3.83. The molecule has 0 spiro atoms. The van der Waals surface area contributed by atoms with E-state index >= 15 is 0 Å². The summed E-state index contributed by atoms with van der Waals surface area (Å²) in [5.74, 6) is 1.38. The van der Waals surface area contributed by atoms with Crippen LogP contribution >= 0.6 is 23.2 Å². The van der Waals surface area contributed by atoms with Gasteiger partial charge in [0.05, 0.1) is 15.7 Å². The second-order valence-corrected chi connectivity index (χ2v) is 5.15. The number of nitrogens with zero attached hydrogens (tertiary/aromatic N) is 1. The Hall–Kier alpha value is -1.29. The smallest absolute Gasteiger partial charge is 0.130 e. The molecule has 0 unspecified atom stereocenters. The average Bonchev–Trinajstić information content (AvgIpc) is 2.44. The Morgan fingerprint density at radius 3 is 2.65 bits per heavy atom. The molecule has 1 aromatic carbocycles. The zero-order valence-corrected chi connectivity index (χ0v) is 12.7. The van der Waals surface area contributed by atoms with E-state index in [0.29, 0.717) is 15.8 Å². The molecule has 0 atom stereocenters. The molecule has 106 valence electrons. The summed E-state index contributed by atoms with van der Waals surface area (Å²) < 4.78 is 5.75. The number of benzene rings is 1. The molecule has 1 heterocycles. The van der Waals surface area contributed by atoms with Crippen LogP contribution in [0.1, 0.15) is 19.0 Å². The van der Waals surface area contributed by atoms with Gasteiger partial charge in [0, 0.05) is 24.9 Å². The van der Waals surface area contributed by atoms with Gasteiger partial charge in [-0.15, -0.1) is 0 Å². The van der Waals surface area contributed by atoms with E-state index < -0.39 is 0 Å². The highest BCUT2D eigenvalue weighted by atomic mass is 35.5. The third-order valence-corrected chi connectivity index (χ3v) is 3.39. The van der Waals surface area contributed by atoms with Crippen LogP contribution in [0.2, 0.25) is 10.0 Å². The van der Waals surface area contributed by atoms with E-state index in [0.717, 1.165) is 31.0 Å². The van der Waals surface area contributed by atoms with Crippen LogP contribution in [0.3, 0.4) is 0 Å². The first-order valence-corrected chi connectivity index (χ1v) is 7.23. The van der Waals surface area contributed by atoms with Gasteiger partial charge in [-0.3, -0.25) is 4.98 Å². The maximum Gasteiger partial charge on any atom is 0.130 e. The first-order valence-electron chi connectivity index (χ1n) is 6.47. The fraction of sp³-hybridized carbons (Fsp3) is 0.267.